The fraction of sp³-hybridized carbons (Fsp3) is 0.333. The molecule has 0 saturated carbocycles. The molecule has 0 heterocycles. The van der Waals surface area contributed by atoms with Crippen LogP contribution >= 0.6 is 0 Å². The van der Waals surface area contributed by atoms with E-state index in [1.165, 1.54) is 0 Å². The van der Waals surface area contributed by atoms with E-state index in [0.29, 0.717) is 0 Å². The molecule has 0 spiro atoms. The van der Waals surface area contributed by atoms with E-state index in [4.69, 9.17) is 5.21 Å². The van der Waals surface area contributed by atoms with Crippen molar-refractivity contribution in [2.75, 3.05) is 13.6 Å². The van der Waals surface area contributed by atoms with Gasteiger partial charge in [0.15, 0.2) is 0 Å². The van der Waals surface area contributed by atoms with Gasteiger partial charge in [-0.2, -0.15) is 0 Å². The minimum Gasteiger partial charge on any atom is -0.319 e. The SMILES string of the molecule is CNCCc1ccc([N+](=O)O)cc1. The summed E-state index contributed by atoms with van der Waals surface area (Å²) in [5.74, 6) is 0. The monoisotopic (exact) mass is 181 g/mol. The zero-order valence-electron chi connectivity index (χ0n) is 7.53. The molecule has 4 nitrogen and oxygen atoms in total. The summed E-state index contributed by atoms with van der Waals surface area (Å²) in [5, 5.41) is 11.6. The number of likely N-dealkylation sites (N-methyl/N-ethyl adjacent to an activating group) is 1. The van der Waals surface area contributed by atoms with Gasteiger partial charge in [-0.25, -0.2) is 5.21 Å². The zero-order chi connectivity index (χ0) is 9.68. The lowest BCUT2D eigenvalue weighted by Gasteiger charge is -1.98. The van der Waals surface area contributed by atoms with Gasteiger partial charge in [0.1, 0.15) is 0 Å². The van der Waals surface area contributed by atoms with Crippen LogP contribution in [0.1, 0.15) is 5.56 Å². The van der Waals surface area contributed by atoms with Crippen molar-refractivity contribution in [2.24, 2.45) is 0 Å². The van der Waals surface area contributed by atoms with Gasteiger partial charge in [-0.15, -0.1) is 0 Å². The highest BCUT2D eigenvalue weighted by molar-refractivity contribution is 5.32. The van der Waals surface area contributed by atoms with Gasteiger partial charge in [0.25, 0.3) is 4.92 Å². The molecular weight excluding hydrogens is 168 g/mol. The first kappa shape index (κ1) is 9.67. The van der Waals surface area contributed by atoms with E-state index in [-0.39, 0.29) is 10.6 Å². The summed E-state index contributed by atoms with van der Waals surface area (Å²) < 4.78 is 0. The van der Waals surface area contributed by atoms with Gasteiger partial charge >= 0.3 is 5.69 Å². The first-order valence-electron chi connectivity index (χ1n) is 4.13. The second-order valence-corrected chi connectivity index (χ2v) is 2.79. The van der Waals surface area contributed by atoms with Crippen LogP contribution in [0.3, 0.4) is 0 Å². The van der Waals surface area contributed by atoms with Gasteiger partial charge in [0, 0.05) is 12.1 Å². The second kappa shape index (κ2) is 4.57. The summed E-state index contributed by atoms with van der Waals surface area (Å²) in [7, 11) is 1.89. The molecule has 0 aromatic heterocycles. The maximum absolute atomic E-state index is 10.4. The Kier molecular flexibility index (Phi) is 3.40. The largest absolute Gasteiger partial charge is 0.319 e. The molecule has 0 unspecified atom stereocenters. The highest BCUT2D eigenvalue weighted by Crippen LogP contribution is 2.11. The molecule has 0 aliphatic heterocycles. The van der Waals surface area contributed by atoms with Crippen molar-refractivity contribution in [3.63, 3.8) is 0 Å². The Morgan fingerprint density at radius 3 is 2.46 bits per heavy atom. The summed E-state index contributed by atoms with van der Waals surface area (Å²) in [4.78, 5) is 10.3. The molecule has 0 saturated heterocycles. The molecule has 13 heavy (non-hydrogen) atoms. The van der Waals surface area contributed by atoms with Crippen LogP contribution in [-0.4, -0.2) is 23.7 Å². The van der Waals surface area contributed by atoms with Crippen molar-refractivity contribution in [3.8, 4) is 0 Å². The fourth-order valence-corrected chi connectivity index (χ4v) is 1.06. The molecule has 0 amide bonds. The molecule has 0 aliphatic carbocycles. The normalized spacial score (nSPS) is 9.92. The first-order valence-corrected chi connectivity index (χ1v) is 4.13. The second-order valence-electron chi connectivity index (χ2n) is 2.79. The van der Waals surface area contributed by atoms with Crippen LogP contribution in [0.2, 0.25) is 0 Å². The van der Waals surface area contributed by atoms with Crippen molar-refractivity contribution in [1.29, 1.82) is 0 Å². The van der Waals surface area contributed by atoms with Crippen molar-refractivity contribution in [3.05, 3.63) is 34.7 Å². The molecule has 0 fully saturated rings. The average Bonchev–Trinajstić information content (AvgIpc) is 2.15. The highest BCUT2D eigenvalue weighted by Gasteiger charge is 2.09. The minimum absolute atomic E-state index is 0.137. The summed E-state index contributed by atoms with van der Waals surface area (Å²) >= 11 is 0. The van der Waals surface area contributed by atoms with E-state index < -0.39 is 0 Å². The first-order chi connectivity index (χ1) is 6.24. The third kappa shape index (κ3) is 2.83. The molecule has 0 aliphatic rings. The lowest BCUT2D eigenvalue weighted by atomic mass is 10.1. The van der Waals surface area contributed by atoms with E-state index in [9.17, 15) is 4.91 Å². The lowest BCUT2D eigenvalue weighted by molar-refractivity contribution is -0.729. The molecule has 1 aromatic carbocycles. The Hall–Kier alpha value is -1.42. The minimum atomic E-state index is -0.137. The van der Waals surface area contributed by atoms with Crippen molar-refractivity contribution < 1.29 is 10.1 Å². The molecule has 0 atom stereocenters. The quantitative estimate of drug-likeness (QED) is 0.687. The standard InChI is InChI=1S/C9H13N2O2/c1-10-7-6-8-2-4-9(5-3-8)11(12)13/h2-5,10H,6-7H2,1H3,(H,12,13)/q+1. The Bertz CT molecular complexity index is 282. The Balaban J connectivity index is 2.64. The number of nitrogens with zero attached hydrogens (tertiary/aromatic N) is 1. The Morgan fingerprint density at radius 1 is 1.38 bits per heavy atom. The fourth-order valence-electron chi connectivity index (χ4n) is 1.06. The van der Waals surface area contributed by atoms with E-state index >= 15 is 0 Å². The maximum Gasteiger partial charge on any atom is 0.316 e. The predicted molar refractivity (Wildman–Crippen MR) is 49.1 cm³/mol. The van der Waals surface area contributed by atoms with Gasteiger partial charge in [-0.05, 0) is 25.6 Å². The molecule has 4 heteroatoms. The summed E-state index contributed by atoms with van der Waals surface area (Å²) in [6.45, 7) is 0.902. The van der Waals surface area contributed by atoms with Crippen molar-refractivity contribution in [2.45, 2.75) is 6.42 Å². The van der Waals surface area contributed by atoms with Gasteiger partial charge in [0.2, 0.25) is 0 Å². The number of rotatable bonds is 4. The topological polar surface area (TPSA) is 52.3 Å². The summed E-state index contributed by atoms with van der Waals surface area (Å²) in [6, 6.07) is 6.84. The van der Waals surface area contributed by atoms with Crippen molar-refractivity contribution >= 4 is 5.69 Å². The van der Waals surface area contributed by atoms with E-state index in [1.807, 2.05) is 19.2 Å². The molecule has 0 bridgehead atoms. The number of hydrogen-bond acceptors (Lipinski definition) is 2. The van der Waals surface area contributed by atoms with Gasteiger partial charge in [0.05, 0.1) is 4.91 Å². The van der Waals surface area contributed by atoms with Gasteiger partial charge < -0.3 is 5.32 Å². The smallest absolute Gasteiger partial charge is 0.316 e. The molecule has 1 rings (SSSR count). The molecule has 2 N–H and O–H groups in total. The summed E-state index contributed by atoms with van der Waals surface area (Å²) in [6.07, 6.45) is 0.918. The number of benzene rings is 1. The number of nitrogens with one attached hydrogen (secondary N) is 1. The Morgan fingerprint density at radius 2 is 2.00 bits per heavy atom. The molecule has 70 valence electrons. The lowest BCUT2D eigenvalue weighted by Crippen LogP contribution is -2.10. The van der Waals surface area contributed by atoms with E-state index in [0.717, 1.165) is 18.5 Å². The van der Waals surface area contributed by atoms with Crippen LogP contribution in [0.4, 0.5) is 5.69 Å². The third-order valence-corrected chi connectivity index (χ3v) is 1.82. The van der Waals surface area contributed by atoms with Crippen LogP contribution in [0.25, 0.3) is 0 Å². The number of hydrogen-bond donors (Lipinski definition) is 2. The average molecular weight is 181 g/mol. The molecule has 1 aromatic rings. The van der Waals surface area contributed by atoms with E-state index in [1.54, 1.807) is 12.1 Å². The van der Waals surface area contributed by atoms with Crippen LogP contribution in [0.5, 0.6) is 0 Å². The zero-order valence-corrected chi connectivity index (χ0v) is 7.53. The third-order valence-electron chi connectivity index (χ3n) is 1.82. The van der Waals surface area contributed by atoms with Crippen molar-refractivity contribution in [1.82, 2.24) is 5.32 Å². The summed E-state index contributed by atoms with van der Waals surface area (Å²) in [5.41, 5.74) is 1.40. The predicted octanol–water partition coefficient (Wildman–Crippen LogP) is 1.25. The molecule has 0 radical (unpaired) electrons. The molecular formula is C9H13N2O2+. The highest BCUT2D eigenvalue weighted by atomic mass is 16.6. The van der Waals surface area contributed by atoms with Crippen LogP contribution < -0.4 is 5.32 Å². The Labute approximate surface area is 76.7 Å². The maximum atomic E-state index is 10.4. The van der Waals surface area contributed by atoms with Crippen LogP contribution in [-0.2, 0) is 6.42 Å². The van der Waals surface area contributed by atoms with Crippen LogP contribution in [0.15, 0.2) is 24.3 Å². The van der Waals surface area contributed by atoms with Gasteiger partial charge in [-0.1, -0.05) is 12.1 Å². The van der Waals surface area contributed by atoms with E-state index in [2.05, 4.69) is 5.32 Å². The van der Waals surface area contributed by atoms with Crippen LogP contribution in [0, 0.1) is 4.91 Å². The van der Waals surface area contributed by atoms with Gasteiger partial charge in [-0.3, -0.25) is 0 Å².